The molecule has 0 fully saturated rings. The van der Waals surface area contributed by atoms with E-state index < -0.39 is 7.82 Å². The molecule has 0 aliphatic carbocycles. The van der Waals surface area contributed by atoms with Crippen LogP contribution in [-0.2, 0) is 4.57 Å². The van der Waals surface area contributed by atoms with Crippen molar-refractivity contribution in [3.8, 4) is 5.75 Å². The van der Waals surface area contributed by atoms with Crippen LogP contribution in [0.15, 0.2) is 79.6 Å². The molecule has 2 aromatic rings. The van der Waals surface area contributed by atoms with Gasteiger partial charge in [0.05, 0.1) is 6.26 Å². The Morgan fingerprint density at radius 1 is 0.850 bits per heavy atom. The number of hydrogen-bond donors (Lipinski definition) is 3. The lowest BCUT2D eigenvalue weighted by molar-refractivity contribution is 0.275. The molecule has 2 aromatic carbocycles. The van der Waals surface area contributed by atoms with Crippen molar-refractivity contribution >= 4 is 7.82 Å². The van der Waals surface area contributed by atoms with E-state index in [-0.39, 0.29) is 0 Å². The van der Waals surface area contributed by atoms with Crippen LogP contribution >= 0.6 is 7.82 Å². The van der Waals surface area contributed by atoms with Gasteiger partial charge in [-0.1, -0.05) is 61.2 Å². The number of hydrogen-bond acceptors (Lipinski definition) is 2. The standard InChI is InChI=1S/C8H8O.C6H6.H3O4P/c1-2-9-8-6-4-3-5-7-8;1-2-4-6-5-3-1;1-5(2,3)4/h2-7H,1H2;1-6H;(H3,1,2,3,4). The summed E-state index contributed by atoms with van der Waals surface area (Å²) in [6.45, 7) is 3.43. The number of rotatable bonds is 2. The Bertz CT molecular complexity index is 461. The van der Waals surface area contributed by atoms with Crippen LogP contribution in [0.2, 0.25) is 0 Å². The molecule has 6 heteroatoms. The van der Waals surface area contributed by atoms with Crippen molar-refractivity contribution < 1.29 is 24.0 Å². The zero-order chi connectivity index (χ0) is 15.3. The molecular formula is C14H17O5P. The van der Waals surface area contributed by atoms with Gasteiger partial charge in [0.15, 0.2) is 0 Å². The highest BCUT2D eigenvalue weighted by Crippen LogP contribution is 2.25. The van der Waals surface area contributed by atoms with Crippen LogP contribution in [0.4, 0.5) is 0 Å². The molecule has 20 heavy (non-hydrogen) atoms. The number of benzene rings is 2. The second kappa shape index (κ2) is 11.0. The summed E-state index contributed by atoms with van der Waals surface area (Å²) >= 11 is 0. The van der Waals surface area contributed by atoms with Crippen LogP contribution in [0.1, 0.15) is 0 Å². The molecule has 3 N–H and O–H groups in total. The van der Waals surface area contributed by atoms with Crippen LogP contribution in [0, 0.1) is 0 Å². The Hall–Kier alpha value is -1.91. The summed E-state index contributed by atoms with van der Waals surface area (Å²) in [6, 6.07) is 21.5. The summed E-state index contributed by atoms with van der Waals surface area (Å²) in [4.78, 5) is 21.6. The van der Waals surface area contributed by atoms with Crippen LogP contribution in [0.3, 0.4) is 0 Å². The van der Waals surface area contributed by atoms with Gasteiger partial charge in [-0.15, -0.1) is 0 Å². The zero-order valence-electron chi connectivity index (χ0n) is 10.7. The van der Waals surface area contributed by atoms with Crippen LogP contribution < -0.4 is 4.74 Å². The Kier molecular flexibility index (Phi) is 9.92. The third kappa shape index (κ3) is 16.1. The molecule has 108 valence electrons. The van der Waals surface area contributed by atoms with Gasteiger partial charge in [-0.05, 0) is 12.1 Å². The molecule has 0 saturated carbocycles. The fraction of sp³-hybridized carbons (Fsp3) is 0. The summed E-state index contributed by atoms with van der Waals surface area (Å²) in [5.41, 5.74) is 0. The highest BCUT2D eigenvalue weighted by molar-refractivity contribution is 7.45. The SMILES string of the molecule is C=COc1ccccc1.O=P(O)(O)O.c1ccccc1. The predicted molar refractivity (Wildman–Crippen MR) is 78.0 cm³/mol. The summed E-state index contributed by atoms with van der Waals surface area (Å²) < 4.78 is 13.9. The monoisotopic (exact) mass is 296 g/mol. The summed E-state index contributed by atoms with van der Waals surface area (Å²) in [5.74, 6) is 0.826. The zero-order valence-corrected chi connectivity index (χ0v) is 11.6. The van der Waals surface area contributed by atoms with Gasteiger partial charge in [0.25, 0.3) is 0 Å². The Morgan fingerprint density at radius 2 is 1.15 bits per heavy atom. The molecule has 0 aliphatic rings. The van der Waals surface area contributed by atoms with Gasteiger partial charge < -0.3 is 19.4 Å². The van der Waals surface area contributed by atoms with Gasteiger partial charge in [-0.25, -0.2) is 4.57 Å². The van der Waals surface area contributed by atoms with Crippen molar-refractivity contribution in [1.29, 1.82) is 0 Å². The molecular weight excluding hydrogens is 279 g/mol. The lowest BCUT2D eigenvalue weighted by Crippen LogP contribution is -1.76. The van der Waals surface area contributed by atoms with E-state index in [9.17, 15) is 0 Å². The maximum Gasteiger partial charge on any atom is 0.466 e. The van der Waals surface area contributed by atoms with E-state index >= 15 is 0 Å². The highest BCUT2D eigenvalue weighted by Gasteiger charge is 2.00. The van der Waals surface area contributed by atoms with Crippen LogP contribution in [0.5, 0.6) is 5.75 Å². The lowest BCUT2D eigenvalue weighted by Gasteiger charge is -1.95. The molecule has 0 radical (unpaired) electrons. The van der Waals surface area contributed by atoms with Gasteiger partial charge in [-0.2, -0.15) is 0 Å². The molecule has 0 aliphatic heterocycles. The first-order valence-electron chi connectivity index (χ1n) is 5.54. The Balaban J connectivity index is 0.000000288. The maximum absolute atomic E-state index is 8.88. The largest absolute Gasteiger partial charge is 0.466 e. The van der Waals surface area contributed by atoms with E-state index in [1.54, 1.807) is 0 Å². The second-order valence-corrected chi connectivity index (χ2v) is 4.29. The van der Waals surface area contributed by atoms with Crippen LogP contribution in [0.25, 0.3) is 0 Å². The number of para-hydroxylation sites is 1. The van der Waals surface area contributed by atoms with E-state index in [2.05, 4.69) is 6.58 Å². The maximum atomic E-state index is 8.88. The highest BCUT2D eigenvalue weighted by atomic mass is 31.2. The van der Waals surface area contributed by atoms with Crippen molar-refractivity contribution in [2.24, 2.45) is 0 Å². The normalized spacial score (nSPS) is 9.15. The molecule has 0 unspecified atom stereocenters. The van der Waals surface area contributed by atoms with Crippen molar-refractivity contribution in [3.63, 3.8) is 0 Å². The van der Waals surface area contributed by atoms with Crippen molar-refractivity contribution in [2.45, 2.75) is 0 Å². The second-order valence-electron chi connectivity index (χ2n) is 3.27. The van der Waals surface area contributed by atoms with E-state index in [4.69, 9.17) is 24.0 Å². The quantitative estimate of drug-likeness (QED) is 0.586. The topological polar surface area (TPSA) is 87.0 Å². The first-order valence-corrected chi connectivity index (χ1v) is 7.11. The van der Waals surface area contributed by atoms with Gasteiger partial charge >= 0.3 is 7.82 Å². The molecule has 0 atom stereocenters. The minimum atomic E-state index is -4.64. The van der Waals surface area contributed by atoms with Crippen molar-refractivity contribution in [3.05, 3.63) is 79.6 Å². The molecule has 0 spiro atoms. The summed E-state index contributed by atoms with van der Waals surface area (Å²) in [7, 11) is -4.64. The Labute approximate surface area is 118 Å². The minimum Gasteiger partial charge on any atom is -0.466 e. The fourth-order valence-corrected chi connectivity index (χ4v) is 0.980. The lowest BCUT2D eigenvalue weighted by atomic mass is 10.3. The summed E-state index contributed by atoms with van der Waals surface area (Å²) in [6.07, 6.45) is 1.41. The predicted octanol–water partition coefficient (Wildman–Crippen LogP) is 2.97. The number of phosphoric acid groups is 1. The van der Waals surface area contributed by atoms with Gasteiger partial charge in [-0.3, -0.25) is 0 Å². The van der Waals surface area contributed by atoms with Gasteiger partial charge in [0, 0.05) is 0 Å². The molecule has 0 aromatic heterocycles. The van der Waals surface area contributed by atoms with Crippen molar-refractivity contribution in [2.75, 3.05) is 0 Å². The third-order valence-electron chi connectivity index (χ3n) is 1.63. The minimum absolute atomic E-state index is 0.826. The molecule has 0 bridgehead atoms. The average molecular weight is 296 g/mol. The number of ether oxygens (including phenoxy) is 1. The Morgan fingerprint density at radius 3 is 1.45 bits per heavy atom. The van der Waals surface area contributed by atoms with Gasteiger partial charge in [0.1, 0.15) is 5.75 Å². The summed E-state index contributed by atoms with van der Waals surface area (Å²) in [5, 5.41) is 0. The molecule has 0 heterocycles. The van der Waals surface area contributed by atoms with E-state index in [1.165, 1.54) is 6.26 Å². The third-order valence-corrected chi connectivity index (χ3v) is 1.63. The molecule has 2 rings (SSSR count). The van der Waals surface area contributed by atoms with E-state index in [1.807, 2.05) is 66.7 Å². The molecule has 0 amide bonds. The molecule has 5 nitrogen and oxygen atoms in total. The fourth-order valence-electron chi connectivity index (χ4n) is 0.980. The molecule has 0 saturated heterocycles. The van der Waals surface area contributed by atoms with E-state index in [0.717, 1.165) is 5.75 Å². The first kappa shape index (κ1) is 18.1. The van der Waals surface area contributed by atoms with Crippen molar-refractivity contribution in [1.82, 2.24) is 0 Å². The first-order chi connectivity index (χ1) is 9.43. The van der Waals surface area contributed by atoms with Crippen LogP contribution in [-0.4, -0.2) is 14.7 Å². The average Bonchev–Trinajstić information content (AvgIpc) is 2.41. The van der Waals surface area contributed by atoms with E-state index in [0.29, 0.717) is 0 Å². The smallest absolute Gasteiger partial charge is 0.466 e. The van der Waals surface area contributed by atoms with Gasteiger partial charge in [0.2, 0.25) is 0 Å².